The molecule has 1 aliphatic rings. The molecule has 1 heterocycles. The summed E-state index contributed by atoms with van der Waals surface area (Å²) in [4.78, 5) is 2.41. The second-order valence-electron chi connectivity index (χ2n) is 15.3. The van der Waals surface area contributed by atoms with Crippen LogP contribution in [-0.4, -0.2) is 0 Å². The summed E-state index contributed by atoms with van der Waals surface area (Å²) in [5, 5.41) is 7.06. The zero-order valence-corrected chi connectivity index (χ0v) is 30.8. The minimum atomic E-state index is -0.115. The van der Waals surface area contributed by atoms with Crippen LogP contribution >= 0.6 is 0 Å². The highest BCUT2D eigenvalue weighted by atomic mass is 16.3. The lowest BCUT2D eigenvalue weighted by Crippen LogP contribution is -2.16. The molecule has 0 N–H and O–H groups in total. The number of benzene rings is 9. The van der Waals surface area contributed by atoms with E-state index in [2.05, 4.69) is 207 Å². The molecule has 1 aromatic heterocycles. The van der Waals surface area contributed by atoms with Crippen molar-refractivity contribution >= 4 is 60.5 Å². The molecule has 2 heteroatoms. The summed E-state index contributed by atoms with van der Waals surface area (Å²) in [6.07, 6.45) is 0. The van der Waals surface area contributed by atoms with Gasteiger partial charge in [0.25, 0.3) is 0 Å². The molecule has 10 aromatic rings. The molecular weight excluding hydrogens is 667 g/mol. The van der Waals surface area contributed by atoms with Crippen molar-refractivity contribution in [3.05, 3.63) is 199 Å². The van der Waals surface area contributed by atoms with E-state index in [1.54, 1.807) is 0 Å². The molecule has 11 rings (SSSR count). The van der Waals surface area contributed by atoms with Gasteiger partial charge < -0.3 is 9.32 Å². The first-order chi connectivity index (χ1) is 27.0. The number of hydrogen-bond donors (Lipinski definition) is 0. The molecule has 0 atom stereocenters. The molecular formula is C53H37NO. The van der Waals surface area contributed by atoms with Gasteiger partial charge in [0.05, 0.1) is 11.1 Å². The van der Waals surface area contributed by atoms with Gasteiger partial charge in [-0.25, -0.2) is 0 Å². The normalized spacial score (nSPS) is 13.1. The van der Waals surface area contributed by atoms with E-state index < -0.39 is 0 Å². The van der Waals surface area contributed by atoms with Crippen LogP contribution in [-0.2, 0) is 5.41 Å². The van der Waals surface area contributed by atoms with E-state index >= 15 is 0 Å². The largest absolute Gasteiger partial charge is 0.455 e. The van der Waals surface area contributed by atoms with E-state index in [1.807, 2.05) is 0 Å². The topological polar surface area (TPSA) is 16.4 Å². The van der Waals surface area contributed by atoms with Crippen LogP contribution in [0.4, 0.5) is 17.1 Å². The summed E-state index contributed by atoms with van der Waals surface area (Å²) in [5.41, 5.74) is 15.0. The third-order valence-electron chi connectivity index (χ3n) is 11.8. The van der Waals surface area contributed by atoms with Crippen LogP contribution in [0.3, 0.4) is 0 Å². The molecule has 0 radical (unpaired) electrons. The molecule has 1 aliphatic carbocycles. The molecule has 0 bridgehead atoms. The van der Waals surface area contributed by atoms with Gasteiger partial charge in [0.1, 0.15) is 11.2 Å². The number of fused-ring (bicyclic) bond motifs is 8. The molecule has 0 saturated heterocycles. The lowest BCUT2D eigenvalue weighted by atomic mass is 9.82. The average Bonchev–Trinajstić information content (AvgIpc) is 3.72. The molecule has 0 fully saturated rings. The highest BCUT2D eigenvalue weighted by molar-refractivity contribution is 6.22. The Morgan fingerprint density at radius 3 is 1.98 bits per heavy atom. The lowest BCUT2D eigenvalue weighted by molar-refractivity contribution is 0.660. The Bertz CT molecular complexity index is 3110. The van der Waals surface area contributed by atoms with Crippen LogP contribution in [0.15, 0.2) is 192 Å². The van der Waals surface area contributed by atoms with Gasteiger partial charge in [-0.1, -0.05) is 153 Å². The minimum absolute atomic E-state index is 0.115. The highest BCUT2D eigenvalue weighted by Crippen LogP contribution is 2.52. The van der Waals surface area contributed by atoms with Crippen molar-refractivity contribution in [2.75, 3.05) is 4.90 Å². The average molecular weight is 704 g/mol. The van der Waals surface area contributed by atoms with Crippen molar-refractivity contribution < 1.29 is 4.42 Å². The minimum Gasteiger partial charge on any atom is -0.455 e. The van der Waals surface area contributed by atoms with Crippen LogP contribution in [0.2, 0.25) is 0 Å². The van der Waals surface area contributed by atoms with Crippen molar-refractivity contribution in [3.63, 3.8) is 0 Å². The van der Waals surface area contributed by atoms with Crippen LogP contribution in [0, 0.1) is 0 Å². The standard InChI is InChI=1S/C53H37NO/c1-53(2)46-20-11-10-19-43(46)44-30-29-41(33-47(44)53)54(40-16-4-3-5-17-40)48-21-12-22-49-51(48)45-32-39-15-8-9-18-42(39)50(52(45)55-49)36-26-23-35(24-27-36)38-28-25-34-13-6-7-14-37(34)31-38/h3-33H,1-2H3. The molecule has 0 amide bonds. The molecule has 9 aromatic carbocycles. The van der Waals surface area contributed by atoms with Gasteiger partial charge in [-0.05, 0) is 109 Å². The Balaban J connectivity index is 1.11. The third-order valence-corrected chi connectivity index (χ3v) is 11.8. The number of furan rings is 1. The molecule has 260 valence electrons. The van der Waals surface area contributed by atoms with Crippen molar-refractivity contribution in [2.24, 2.45) is 0 Å². The summed E-state index contributed by atoms with van der Waals surface area (Å²) in [6, 6.07) is 68.3. The van der Waals surface area contributed by atoms with E-state index in [0.717, 1.165) is 50.1 Å². The van der Waals surface area contributed by atoms with E-state index in [9.17, 15) is 0 Å². The summed E-state index contributed by atoms with van der Waals surface area (Å²) in [7, 11) is 0. The van der Waals surface area contributed by atoms with Crippen LogP contribution in [0.1, 0.15) is 25.0 Å². The summed E-state index contributed by atoms with van der Waals surface area (Å²) >= 11 is 0. The Hall–Kier alpha value is -6.90. The SMILES string of the molecule is CC1(C)c2ccccc2-c2ccc(N(c3ccccc3)c3cccc4oc5c(-c6ccc(-c7ccc8ccccc8c7)cc6)c6ccccc6cc5c34)cc21. The predicted molar refractivity (Wildman–Crippen MR) is 232 cm³/mol. The van der Waals surface area contributed by atoms with Crippen LogP contribution < -0.4 is 4.90 Å². The lowest BCUT2D eigenvalue weighted by Gasteiger charge is -2.28. The van der Waals surface area contributed by atoms with Gasteiger partial charge in [-0.2, -0.15) is 0 Å². The van der Waals surface area contributed by atoms with Gasteiger partial charge in [-0.15, -0.1) is 0 Å². The Morgan fingerprint density at radius 2 is 1.13 bits per heavy atom. The Morgan fingerprint density at radius 1 is 0.436 bits per heavy atom. The van der Waals surface area contributed by atoms with Gasteiger partial charge in [0, 0.05) is 27.7 Å². The molecule has 2 nitrogen and oxygen atoms in total. The highest BCUT2D eigenvalue weighted by Gasteiger charge is 2.36. The van der Waals surface area contributed by atoms with Gasteiger partial charge >= 0.3 is 0 Å². The van der Waals surface area contributed by atoms with Crippen molar-refractivity contribution in [2.45, 2.75) is 19.3 Å². The van der Waals surface area contributed by atoms with Gasteiger partial charge in [0.2, 0.25) is 0 Å². The maximum Gasteiger partial charge on any atom is 0.143 e. The first-order valence-corrected chi connectivity index (χ1v) is 19.1. The van der Waals surface area contributed by atoms with E-state index in [4.69, 9.17) is 4.42 Å². The molecule has 0 saturated carbocycles. The Kier molecular flexibility index (Phi) is 6.93. The molecule has 55 heavy (non-hydrogen) atoms. The van der Waals surface area contributed by atoms with E-state index in [0.29, 0.717) is 0 Å². The summed E-state index contributed by atoms with van der Waals surface area (Å²) in [6.45, 7) is 4.69. The van der Waals surface area contributed by atoms with Crippen LogP contribution in [0.5, 0.6) is 0 Å². The van der Waals surface area contributed by atoms with E-state index in [1.165, 1.54) is 54.9 Å². The predicted octanol–water partition coefficient (Wildman–Crippen LogP) is 15.0. The summed E-state index contributed by atoms with van der Waals surface area (Å²) in [5.74, 6) is 0. The zero-order valence-electron chi connectivity index (χ0n) is 30.8. The smallest absolute Gasteiger partial charge is 0.143 e. The second-order valence-corrected chi connectivity index (χ2v) is 15.3. The fourth-order valence-corrected chi connectivity index (χ4v) is 9.11. The molecule has 0 spiro atoms. The first-order valence-electron chi connectivity index (χ1n) is 19.1. The van der Waals surface area contributed by atoms with Crippen molar-refractivity contribution in [1.29, 1.82) is 0 Å². The first kappa shape index (κ1) is 31.6. The monoisotopic (exact) mass is 703 g/mol. The van der Waals surface area contributed by atoms with Gasteiger partial charge in [0.15, 0.2) is 0 Å². The number of para-hydroxylation sites is 1. The quantitative estimate of drug-likeness (QED) is 0.177. The number of rotatable bonds is 5. The fraction of sp³-hybridized carbons (Fsp3) is 0.0566. The maximum absolute atomic E-state index is 6.99. The van der Waals surface area contributed by atoms with Crippen molar-refractivity contribution in [3.8, 4) is 33.4 Å². The third kappa shape index (κ3) is 4.88. The maximum atomic E-state index is 6.99. The number of anilines is 3. The van der Waals surface area contributed by atoms with E-state index in [-0.39, 0.29) is 5.41 Å². The Labute approximate surface area is 320 Å². The summed E-state index contributed by atoms with van der Waals surface area (Å²) < 4.78 is 6.99. The van der Waals surface area contributed by atoms with Crippen LogP contribution in [0.25, 0.3) is 76.9 Å². The second kappa shape index (κ2) is 12.1. The van der Waals surface area contributed by atoms with Gasteiger partial charge in [-0.3, -0.25) is 0 Å². The zero-order chi connectivity index (χ0) is 36.7. The van der Waals surface area contributed by atoms with Crippen molar-refractivity contribution in [1.82, 2.24) is 0 Å². The number of hydrogen-bond acceptors (Lipinski definition) is 2. The fourth-order valence-electron chi connectivity index (χ4n) is 9.11. The molecule has 0 aliphatic heterocycles. The number of nitrogens with zero attached hydrogens (tertiary/aromatic N) is 1. The molecule has 0 unspecified atom stereocenters.